The molecule has 2 aromatic rings. The Hall–Kier alpha value is -3.01. The number of hydrogen-bond donors (Lipinski definition) is 2. The van der Waals surface area contributed by atoms with Crippen LogP contribution in [0.5, 0.6) is 17.8 Å². The van der Waals surface area contributed by atoms with Gasteiger partial charge in [-0.2, -0.15) is 9.97 Å². The molecule has 21 heavy (non-hydrogen) atoms. The van der Waals surface area contributed by atoms with Crippen LogP contribution in [-0.4, -0.2) is 27.0 Å². The summed E-state index contributed by atoms with van der Waals surface area (Å²) in [6, 6.07) is 4.34. The maximum atomic E-state index is 11.0. The minimum atomic E-state index is -0.553. The van der Waals surface area contributed by atoms with Gasteiger partial charge in [0, 0.05) is 6.07 Å². The van der Waals surface area contributed by atoms with Gasteiger partial charge in [-0.3, -0.25) is 15.5 Å². The molecule has 10 heteroatoms. The number of nitrogens with two attached hydrogens (primary N) is 1. The summed E-state index contributed by atoms with van der Waals surface area (Å²) in [5.74, 6) is 5.27. The highest BCUT2D eigenvalue weighted by Gasteiger charge is 2.19. The van der Waals surface area contributed by atoms with Crippen molar-refractivity contribution in [2.45, 2.75) is 6.92 Å². The van der Waals surface area contributed by atoms with Crippen LogP contribution in [0, 0.1) is 17.0 Å². The number of anilines is 1. The van der Waals surface area contributed by atoms with Crippen molar-refractivity contribution in [3.8, 4) is 17.8 Å². The number of aromatic nitrogens is 3. The van der Waals surface area contributed by atoms with E-state index in [1.165, 1.54) is 13.2 Å². The number of methoxy groups -OCH3 is 1. The molecule has 0 fully saturated rings. The van der Waals surface area contributed by atoms with Gasteiger partial charge in [-0.15, -0.1) is 4.98 Å². The fourth-order valence-corrected chi connectivity index (χ4v) is 1.54. The fourth-order valence-electron chi connectivity index (χ4n) is 1.54. The lowest BCUT2D eigenvalue weighted by molar-refractivity contribution is -0.385. The predicted molar refractivity (Wildman–Crippen MR) is 72.1 cm³/mol. The highest BCUT2D eigenvalue weighted by molar-refractivity contribution is 5.52. The molecule has 0 unspecified atom stereocenters. The highest BCUT2D eigenvalue weighted by atomic mass is 16.6. The van der Waals surface area contributed by atoms with Crippen molar-refractivity contribution in [3.63, 3.8) is 0 Å². The zero-order chi connectivity index (χ0) is 15.4. The molecular weight excluding hydrogens is 280 g/mol. The Morgan fingerprint density at radius 2 is 2.00 bits per heavy atom. The van der Waals surface area contributed by atoms with Gasteiger partial charge >= 0.3 is 17.7 Å². The van der Waals surface area contributed by atoms with Gasteiger partial charge in [0.15, 0.2) is 0 Å². The summed E-state index contributed by atoms with van der Waals surface area (Å²) < 4.78 is 10.3. The Balaban J connectivity index is 2.45. The summed E-state index contributed by atoms with van der Waals surface area (Å²) in [6.45, 7) is 1.67. The normalized spacial score (nSPS) is 10.0. The smallest absolute Gasteiger partial charge is 0.330 e. The predicted octanol–water partition coefficient (Wildman–Crippen LogP) is 1.17. The van der Waals surface area contributed by atoms with Crippen LogP contribution in [0.3, 0.4) is 0 Å². The first-order valence-electron chi connectivity index (χ1n) is 5.73. The second-order valence-corrected chi connectivity index (χ2v) is 3.85. The van der Waals surface area contributed by atoms with Gasteiger partial charge in [-0.05, 0) is 12.5 Å². The van der Waals surface area contributed by atoms with Crippen molar-refractivity contribution in [3.05, 3.63) is 33.9 Å². The van der Waals surface area contributed by atoms with Gasteiger partial charge in [0.05, 0.1) is 12.0 Å². The Morgan fingerprint density at radius 1 is 1.29 bits per heavy atom. The van der Waals surface area contributed by atoms with Crippen LogP contribution in [0.2, 0.25) is 0 Å². The lowest BCUT2D eigenvalue weighted by Gasteiger charge is -2.09. The molecule has 2 rings (SSSR count). The van der Waals surface area contributed by atoms with Crippen LogP contribution in [0.1, 0.15) is 5.56 Å². The maximum absolute atomic E-state index is 11.0. The number of nitro benzene ring substituents is 1. The summed E-state index contributed by atoms with van der Waals surface area (Å²) in [5, 5.41) is 11.0. The monoisotopic (exact) mass is 292 g/mol. The minimum Gasteiger partial charge on any atom is -0.467 e. The molecular formula is C11H12N6O4. The van der Waals surface area contributed by atoms with E-state index in [0.717, 1.165) is 0 Å². The number of rotatable bonds is 5. The van der Waals surface area contributed by atoms with Gasteiger partial charge in [0.2, 0.25) is 11.7 Å². The van der Waals surface area contributed by atoms with Crippen molar-refractivity contribution in [2.24, 2.45) is 5.84 Å². The van der Waals surface area contributed by atoms with Crippen molar-refractivity contribution >= 4 is 11.6 Å². The summed E-state index contributed by atoms with van der Waals surface area (Å²) in [5.41, 5.74) is 2.59. The number of aryl methyl sites for hydroxylation is 1. The van der Waals surface area contributed by atoms with Crippen LogP contribution >= 0.6 is 0 Å². The minimum absolute atomic E-state index is 0.00749. The van der Waals surface area contributed by atoms with Crippen LogP contribution < -0.4 is 20.7 Å². The molecule has 0 radical (unpaired) electrons. The first-order valence-corrected chi connectivity index (χ1v) is 5.73. The molecule has 0 atom stereocenters. The van der Waals surface area contributed by atoms with Gasteiger partial charge < -0.3 is 9.47 Å². The molecule has 0 saturated heterocycles. The van der Waals surface area contributed by atoms with Crippen LogP contribution in [0.15, 0.2) is 18.2 Å². The molecule has 10 nitrogen and oxygen atoms in total. The molecule has 0 aliphatic carbocycles. The third-order valence-corrected chi connectivity index (χ3v) is 2.49. The standard InChI is InChI=1S/C11H12N6O4/c1-6-4-3-5-7(17(18)19)8(6)21-11-14-9(16-12)13-10(15-11)20-2/h3-5H,12H2,1-2H3,(H,13,14,15,16). The van der Waals surface area contributed by atoms with Gasteiger partial charge in [0.25, 0.3) is 0 Å². The number of nitrogens with one attached hydrogen (secondary N) is 1. The van der Waals surface area contributed by atoms with E-state index in [2.05, 4.69) is 20.4 Å². The number of nitrogens with zero attached hydrogens (tertiary/aromatic N) is 4. The maximum Gasteiger partial charge on any atom is 0.330 e. The largest absolute Gasteiger partial charge is 0.467 e. The summed E-state index contributed by atoms with van der Waals surface area (Å²) in [7, 11) is 1.36. The van der Waals surface area contributed by atoms with Crippen molar-refractivity contribution < 1.29 is 14.4 Å². The number of nitro groups is 1. The van der Waals surface area contributed by atoms with E-state index in [0.29, 0.717) is 5.56 Å². The lowest BCUT2D eigenvalue weighted by Crippen LogP contribution is -2.12. The average Bonchev–Trinajstić information content (AvgIpc) is 2.48. The summed E-state index contributed by atoms with van der Waals surface area (Å²) >= 11 is 0. The third kappa shape index (κ3) is 3.12. The molecule has 0 saturated carbocycles. The molecule has 0 amide bonds. The molecule has 0 spiro atoms. The quantitative estimate of drug-likeness (QED) is 0.472. The second-order valence-electron chi connectivity index (χ2n) is 3.85. The molecule has 1 heterocycles. The molecule has 110 valence electrons. The molecule has 0 aliphatic rings. The lowest BCUT2D eigenvalue weighted by atomic mass is 10.2. The fraction of sp³-hybridized carbons (Fsp3) is 0.182. The van der Waals surface area contributed by atoms with E-state index in [1.54, 1.807) is 19.1 Å². The van der Waals surface area contributed by atoms with Gasteiger partial charge in [-0.25, -0.2) is 5.84 Å². The van der Waals surface area contributed by atoms with Crippen molar-refractivity contribution in [2.75, 3.05) is 12.5 Å². The van der Waals surface area contributed by atoms with E-state index in [4.69, 9.17) is 15.3 Å². The molecule has 0 bridgehead atoms. The zero-order valence-electron chi connectivity index (χ0n) is 11.2. The molecule has 1 aromatic carbocycles. The Labute approximate surface area is 119 Å². The van der Waals surface area contributed by atoms with Crippen molar-refractivity contribution in [1.82, 2.24) is 15.0 Å². The Morgan fingerprint density at radius 3 is 2.62 bits per heavy atom. The number of para-hydroxylation sites is 1. The number of hydrazine groups is 1. The van der Waals surface area contributed by atoms with E-state index in [9.17, 15) is 10.1 Å². The van der Waals surface area contributed by atoms with Crippen molar-refractivity contribution in [1.29, 1.82) is 0 Å². The Kier molecular flexibility index (Phi) is 4.09. The van der Waals surface area contributed by atoms with E-state index in [-0.39, 0.29) is 29.4 Å². The SMILES string of the molecule is COc1nc(NN)nc(Oc2c(C)cccc2[N+](=O)[O-])n1. The summed E-state index contributed by atoms with van der Waals surface area (Å²) in [4.78, 5) is 22.0. The second kappa shape index (κ2) is 5.96. The van der Waals surface area contributed by atoms with E-state index < -0.39 is 4.92 Å². The number of hydrogen-bond acceptors (Lipinski definition) is 9. The first-order chi connectivity index (χ1) is 10.0. The zero-order valence-corrected chi connectivity index (χ0v) is 11.2. The molecule has 1 aromatic heterocycles. The number of nitrogen functional groups attached to an aromatic ring is 1. The van der Waals surface area contributed by atoms with Crippen LogP contribution in [0.4, 0.5) is 11.6 Å². The van der Waals surface area contributed by atoms with E-state index >= 15 is 0 Å². The van der Waals surface area contributed by atoms with Gasteiger partial charge in [-0.1, -0.05) is 12.1 Å². The average molecular weight is 292 g/mol. The molecule has 3 N–H and O–H groups in total. The third-order valence-electron chi connectivity index (χ3n) is 2.49. The number of benzene rings is 1. The Bertz CT molecular complexity index is 656. The van der Waals surface area contributed by atoms with Gasteiger partial charge in [0.1, 0.15) is 0 Å². The molecule has 0 aliphatic heterocycles. The topological polar surface area (TPSA) is 138 Å². The van der Waals surface area contributed by atoms with E-state index in [1.807, 2.05) is 0 Å². The summed E-state index contributed by atoms with van der Waals surface area (Å²) in [6.07, 6.45) is 0. The van der Waals surface area contributed by atoms with Crippen LogP contribution in [-0.2, 0) is 0 Å². The van der Waals surface area contributed by atoms with Crippen LogP contribution in [0.25, 0.3) is 0 Å². The number of ether oxygens (including phenoxy) is 2. The highest BCUT2D eigenvalue weighted by Crippen LogP contribution is 2.33. The first kappa shape index (κ1) is 14.4.